The SMILES string of the molecule is O=C(CSc1ccc(F)cc1)Nc1ccc(C2SCCS2)cc1. The molecule has 2 nitrogen and oxygen atoms in total. The molecule has 1 fully saturated rings. The molecule has 1 saturated heterocycles. The molecule has 2 aromatic carbocycles. The van der Waals surface area contributed by atoms with Gasteiger partial charge in [0.1, 0.15) is 5.82 Å². The minimum Gasteiger partial charge on any atom is -0.325 e. The van der Waals surface area contributed by atoms with Gasteiger partial charge >= 0.3 is 0 Å². The Morgan fingerprint density at radius 3 is 2.39 bits per heavy atom. The topological polar surface area (TPSA) is 29.1 Å². The van der Waals surface area contributed by atoms with Crippen LogP contribution in [0.2, 0.25) is 0 Å². The van der Waals surface area contributed by atoms with Crippen LogP contribution in [0.5, 0.6) is 0 Å². The molecule has 0 aromatic heterocycles. The van der Waals surface area contributed by atoms with Gasteiger partial charge in [-0.15, -0.1) is 35.3 Å². The van der Waals surface area contributed by atoms with Crippen molar-refractivity contribution in [1.29, 1.82) is 0 Å². The number of hydrogen-bond acceptors (Lipinski definition) is 4. The van der Waals surface area contributed by atoms with Crippen LogP contribution >= 0.6 is 35.3 Å². The molecule has 1 aliphatic heterocycles. The summed E-state index contributed by atoms with van der Waals surface area (Å²) in [5.41, 5.74) is 2.11. The standard InChI is InChI=1S/C17H16FNOS3/c18-13-3-7-15(8-4-13)23-11-16(20)19-14-5-1-12(2-6-14)17-21-9-10-22-17/h1-8,17H,9-11H2,(H,19,20). The lowest BCUT2D eigenvalue weighted by atomic mass is 10.2. The van der Waals surface area contributed by atoms with Crippen molar-refractivity contribution in [1.82, 2.24) is 0 Å². The number of amides is 1. The van der Waals surface area contributed by atoms with E-state index < -0.39 is 0 Å². The van der Waals surface area contributed by atoms with E-state index in [-0.39, 0.29) is 11.7 Å². The monoisotopic (exact) mass is 365 g/mol. The van der Waals surface area contributed by atoms with Crippen LogP contribution in [0.3, 0.4) is 0 Å². The minimum absolute atomic E-state index is 0.0586. The van der Waals surface area contributed by atoms with Gasteiger partial charge in [-0.1, -0.05) is 12.1 Å². The number of hydrogen-bond donors (Lipinski definition) is 1. The first-order valence-corrected chi connectivity index (χ1v) is 10.3. The molecule has 1 N–H and O–H groups in total. The van der Waals surface area contributed by atoms with Crippen LogP contribution in [0.1, 0.15) is 10.1 Å². The summed E-state index contributed by atoms with van der Waals surface area (Å²) < 4.78 is 13.3. The number of anilines is 1. The minimum atomic E-state index is -0.266. The smallest absolute Gasteiger partial charge is 0.234 e. The summed E-state index contributed by atoms with van der Waals surface area (Å²) in [4.78, 5) is 12.9. The highest BCUT2D eigenvalue weighted by atomic mass is 32.2. The van der Waals surface area contributed by atoms with Crippen molar-refractivity contribution in [3.63, 3.8) is 0 Å². The van der Waals surface area contributed by atoms with E-state index in [1.54, 1.807) is 12.1 Å². The van der Waals surface area contributed by atoms with Gasteiger partial charge in [0, 0.05) is 22.1 Å². The average Bonchev–Trinajstić information content (AvgIpc) is 3.09. The number of nitrogens with one attached hydrogen (secondary N) is 1. The van der Waals surface area contributed by atoms with Gasteiger partial charge in [-0.3, -0.25) is 4.79 Å². The van der Waals surface area contributed by atoms with Gasteiger partial charge in [-0.25, -0.2) is 4.39 Å². The zero-order chi connectivity index (χ0) is 16.1. The summed E-state index contributed by atoms with van der Waals surface area (Å²) >= 11 is 5.33. The molecule has 0 radical (unpaired) electrons. The third-order valence-corrected chi connectivity index (χ3v) is 7.39. The van der Waals surface area contributed by atoms with Gasteiger partial charge in [-0.05, 0) is 42.0 Å². The van der Waals surface area contributed by atoms with Gasteiger partial charge in [-0.2, -0.15) is 0 Å². The Hall–Kier alpha value is -1.11. The van der Waals surface area contributed by atoms with Crippen LogP contribution in [-0.4, -0.2) is 23.2 Å². The summed E-state index contributed by atoms with van der Waals surface area (Å²) in [5, 5.41) is 2.89. The number of halogens is 1. The maximum Gasteiger partial charge on any atom is 0.234 e. The van der Waals surface area contributed by atoms with Crippen LogP contribution in [0, 0.1) is 5.82 Å². The fraction of sp³-hybridized carbons (Fsp3) is 0.235. The number of rotatable bonds is 5. The molecule has 0 saturated carbocycles. The van der Waals surface area contributed by atoms with Gasteiger partial charge < -0.3 is 5.32 Å². The molecular weight excluding hydrogens is 349 g/mol. The van der Waals surface area contributed by atoms with Gasteiger partial charge in [0.05, 0.1) is 10.3 Å². The first-order valence-electron chi connectivity index (χ1n) is 7.22. The molecule has 0 spiro atoms. The van der Waals surface area contributed by atoms with Crippen molar-refractivity contribution in [3.05, 3.63) is 59.9 Å². The predicted octanol–water partition coefficient (Wildman–Crippen LogP) is 5.04. The summed E-state index contributed by atoms with van der Waals surface area (Å²) in [5.74, 6) is 2.39. The van der Waals surface area contributed by atoms with Gasteiger partial charge in [0.25, 0.3) is 0 Å². The van der Waals surface area contributed by atoms with Crippen LogP contribution < -0.4 is 5.32 Å². The lowest BCUT2D eigenvalue weighted by molar-refractivity contribution is -0.113. The van der Waals surface area contributed by atoms with Gasteiger partial charge in [0.2, 0.25) is 5.91 Å². The van der Waals surface area contributed by atoms with E-state index in [9.17, 15) is 9.18 Å². The average molecular weight is 366 g/mol. The summed E-state index contributed by atoms with van der Waals surface area (Å²) in [6, 6.07) is 14.2. The fourth-order valence-corrected chi connectivity index (χ4v) is 5.71. The molecule has 0 bridgehead atoms. The first kappa shape index (κ1) is 16.7. The quantitative estimate of drug-likeness (QED) is 0.752. The molecule has 23 heavy (non-hydrogen) atoms. The maximum absolute atomic E-state index is 12.8. The number of carbonyl (C=O) groups is 1. The Balaban J connectivity index is 1.50. The Labute approximate surface area is 148 Å². The highest BCUT2D eigenvalue weighted by molar-refractivity contribution is 8.19. The zero-order valence-corrected chi connectivity index (χ0v) is 14.8. The Bertz CT molecular complexity index is 655. The van der Waals surface area contributed by atoms with Gasteiger partial charge in [0.15, 0.2) is 0 Å². The molecule has 3 rings (SSSR count). The number of benzene rings is 2. The Morgan fingerprint density at radius 2 is 1.74 bits per heavy atom. The van der Waals surface area contributed by atoms with E-state index in [2.05, 4.69) is 17.4 Å². The first-order chi connectivity index (χ1) is 11.2. The summed E-state index contributed by atoms with van der Waals surface area (Å²) in [6.45, 7) is 0. The van der Waals surface area contributed by atoms with Crippen molar-refractivity contribution < 1.29 is 9.18 Å². The molecule has 0 unspecified atom stereocenters. The lowest BCUT2D eigenvalue weighted by Crippen LogP contribution is -2.13. The summed E-state index contributed by atoms with van der Waals surface area (Å²) in [6.07, 6.45) is 0. The number of thioether (sulfide) groups is 3. The normalized spacial score (nSPS) is 14.8. The van der Waals surface area contributed by atoms with Crippen LogP contribution in [-0.2, 0) is 4.79 Å². The largest absolute Gasteiger partial charge is 0.325 e. The van der Waals surface area contributed by atoms with Crippen LogP contribution in [0.25, 0.3) is 0 Å². The highest BCUT2D eigenvalue weighted by Gasteiger charge is 2.17. The van der Waals surface area contributed by atoms with Crippen molar-refractivity contribution in [3.8, 4) is 0 Å². The van der Waals surface area contributed by atoms with Crippen LogP contribution in [0.4, 0.5) is 10.1 Å². The Morgan fingerprint density at radius 1 is 1.09 bits per heavy atom. The second-order valence-electron chi connectivity index (χ2n) is 4.99. The van der Waals surface area contributed by atoms with Crippen LogP contribution in [0.15, 0.2) is 53.4 Å². The van der Waals surface area contributed by atoms with E-state index in [0.29, 0.717) is 10.3 Å². The maximum atomic E-state index is 12.8. The predicted molar refractivity (Wildman–Crippen MR) is 99.9 cm³/mol. The lowest BCUT2D eigenvalue weighted by Gasteiger charge is -2.10. The molecule has 1 heterocycles. The van der Waals surface area contributed by atoms with E-state index in [1.807, 2.05) is 35.7 Å². The van der Waals surface area contributed by atoms with Crippen molar-refractivity contribution in [2.45, 2.75) is 9.48 Å². The highest BCUT2D eigenvalue weighted by Crippen LogP contribution is 2.45. The zero-order valence-electron chi connectivity index (χ0n) is 12.3. The van der Waals surface area contributed by atoms with Crippen molar-refractivity contribution in [2.24, 2.45) is 0 Å². The third kappa shape index (κ3) is 4.93. The molecule has 1 aliphatic rings. The van der Waals surface area contributed by atoms with E-state index in [4.69, 9.17) is 0 Å². The molecule has 1 amide bonds. The van der Waals surface area contributed by atoms with E-state index >= 15 is 0 Å². The second kappa shape index (κ2) is 8.13. The van der Waals surface area contributed by atoms with Crippen molar-refractivity contribution >= 4 is 46.9 Å². The third-order valence-electron chi connectivity index (χ3n) is 3.27. The fourth-order valence-electron chi connectivity index (χ4n) is 2.15. The molecule has 0 aliphatic carbocycles. The molecule has 0 atom stereocenters. The Kier molecular flexibility index (Phi) is 5.91. The summed E-state index contributed by atoms with van der Waals surface area (Å²) in [7, 11) is 0. The van der Waals surface area contributed by atoms with E-state index in [1.165, 1.54) is 41.0 Å². The molecular formula is C17H16FNOS3. The molecule has 120 valence electrons. The molecule has 6 heteroatoms. The second-order valence-corrected chi connectivity index (χ2v) is 8.76. The molecule has 2 aromatic rings. The van der Waals surface area contributed by atoms with Crippen molar-refractivity contribution in [2.75, 3.05) is 22.6 Å². The number of carbonyl (C=O) groups excluding carboxylic acids is 1. The van der Waals surface area contributed by atoms with E-state index in [0.717, 1.165) is 10.6 Å².